The Labute approximate surface area is 143 Å². The molecule has 1 aliphatic heterocycles. The Morgan fingerprint density at radius 1 is 1.12 bits per heavy atom. The van der Waals surface area contributed by atoms with Crippen LogP contribution in [0.5, 0.6) is 0 Å². The van der Waals surface area contributed by atoms with Gasteiger partial charge in [-0.2, -0.15) is 0 Å². The Morgan fingerprint density at radius 2 is 1.80 bits per heavy atom. The molecule has 0 aliphatic carbocycles. The molecule has 0 saturated carbocycles. The monoisotopic (exact) mass is 342 g/mol. The fourth-order valence-electron chi connectivity index (χ4n) is 2.88. The zero-order valence-corrected chi connectivity index (χ0v) is 13.4. The summed E-state index contributed by atoms with van der Waals surface area (Å²) >= 11 is 0. The van der Waals surface area contributed by atoms with Crippen LogP contribution in [0.15, 0.2) is 54.0 Å². The lowest BCUT2D eigenvalue weighted by Gasteiger charge is -2.31. The van der Waals surface area contributed by atoms with Crippen molar-refractivity contribution in [2.24, 2.45) is 4.99 Å². The molecule has 3 rings (SSSR count). The molecule has 0 amide bonds. The highest BCUT2D eigenvalue weighted by molar-refractivity contribution is 6.08. The van der Waals surface area contributed by atoms with Crippen LogP contribution in [0.3, 0.4) is 0 Å². The van der Waals surface area contributed by atoms with Gasteiger partial charge in [0.15, 0.2) is 0 Å². The average Bonchev–Trinajstić information content (AvgIpc) is 2.55. The summed E-state index contributed by atoms with van der Waals surface area (Å²) in [6, 6.07) is 10.6. The van der Waals surface area contributed by atoms with Crippen molar-refractivity contribution in [3.63, 3.8) is 0 Å². The zero-order chi connectivity index (χ0) is 18.0. The number of halogens is 2. The van der Waals surface area contributed by atoms with Crippen LogP contribution >= 0.6 is 0 Å². The van der Waals surface area contributed by atoms with Gasteiger partial charge in [0, 0.05) is 18.1 Å². The van der Waals surface area contributed by atoms with E-state index in [2.05, 4.69) is 11.6 Å². The van der Waals surface area contributed by atoms with E-state index in [-0.39, 0.29) is 6.54 Å². The van der Waals surface area contributed by atoms with Gasteiger partial charge >= 0.3 is 5.97 Å². The lowest BCUT2D eigenvalue weighted by molar-refractivity contribution is -0.135. The average molecular weight is 342 g/mol. The van der Waals surface area contributed by atoms with Gasteiger partial charge < -0.3 is 10.0 Å². The van der Waals surface area contributed by atoms with Crippen molar-refractivity contribution in [1.82, 2.24) is 0 Å². The standard InChI is InChI=1S/C19H16F2N2O2/c1-12-16-4-2-3-5-17(16)23(11-19(24)25)18(22-12)7-6-13-8-14(20)10-15(21)9-13/h2-5,8-10H,1,6-7,11H2,(H,24,25). The number of hydrogen-bond donors (Lipinski definition) is 1. The second-order valence-electron chi connectivity index (χ2n) is 5.75. The molecule has 0 aromatic heterocycles. The van der Waals surface area contributed by atoms with Crippen LogP contribution in [0, 0.1) is 11.6 Å². The molecular formula is C19H16F2N2O2. The maximum atomic E-state index is 13.3. The molecule has 1 N–H and O–H groups in total. The van der Waals surface area contributed by atoms with Gasteiger partial charge in [-0.3, -0.25) is 4.79 Å². The predicted molar refractivity (Wildman–Crippen MR) is 92.6 cm³/mol. The minimum absolute atomic E-state index is 0.249. The van der Waals surface area contributed by atoms with Crippen molar-refractivity contribution in [2.75, 3.05) is 11.4 Å². The van der Waals surface area contributed by atoms with Crippen LogP contribution < -0.4 is 4.90 Å². The van der Waals surface area contributed by atoms with Gasteiger partial charge in [0.25, 0.3) is 0 Å². The van der Waals surface area contributed by atoms with Crippen molar-refractivity contribution in [2.45, 2.75) is 12.8 Å². The highest BCUT2D eigenvalue weighted by Gasteiger charge is 2.24. The zero-order valence-electron chi connectivity index (χ0n) is 13.4. The van der Waals surface area contributed by atoms with Crippen LogP contribution in [-0.2, 0) is 11.2 Å². The summed E-state index contributed by atoms with van der Waals surface area (Å²) in [6.45, 7) is 3.67. The third-order valence-electron chi connectivity index (χ3n) is 3.93. The molecule has 25 heavy (non-hydrogen) atoms. The van der Waals surface area contributed by atoms with Gasteiger partial charge in [-0.05, 0) is 30.2 Å². The lowest BCUT2D eigenvalue weighted by Crippen LogP contribution is -2.38. The van der Waals surface area contributed by atoms with E-state index in [1.807, 2.05) is 18.2 Å². The van der Waals surface area contributed by atoms with E-state index in [0.717, 1.165) is 11.6 Å². The first-order chi connectivity index (χ1) is 11.9. The fourth-order valence-corrected chi connectivity index (χ4v) is 2.88. The van der Waals surface area contributed by atoms with Gasteiger partial charge in [0.2, 0.25) is 0 Å². The molecule has 0 bridgehead atoms. The molecule has 2 aromatic carbocycles. The molecule has 0 radical (unpaired) electrons. The Morgan fingerprint density at radius 3 is 2.48 bits per heavy atom. The SMILES string of the molecule is C=C1N=C(CCc2cc(F)cc(F)c2)N(CC(=O)O)c2ccccc21. The maximum absolute atomic E-state index is 13.3. The number of aryl methyl sites for hydroxylation is 1. The predicted octanol–water partition coefficient (Wildman–Crippen LogP) is 3.87. The van der Waals surface area contributed by atoms with Crippen LogP contribution in [0.25, 0.3) is 5.70 Å². The Bertz CT molecular complexity index is 857. The number of rotatable bonds is 5. The van der Waals surface area contributed by atoms with E-state index in [4.69, 9.17) is 0 Å². The third-order valence-corrected chi connectivity index (χ3v) is 3.93. The molecule has 1 heterocycles. The van der Waals surface area contributed by atoms with Gasteiger partial charge in [0.05, 0.1) is 11.4 Å². The Kier molecular flexibility index (Phi) is 4.61. The molecule has 0 unspecified atom stereocenters. The fraction of sp³-hybridized carbons (Fsp3) is 0.158. The number of amidine groups is 1. The second-order valence-corrected chi connectivity index (χ2v) is 5.75. The normalized spacial score (nSPS) is 13.4. The van der Waals surface area contributed by atoms with Gasteiger partial charge in [-0.1, -0.05) is 24.8 Å². The first kappa shape index (κ1) is 16.8. The van der Waals surface area contributed by atoms with Crippen molar-refractivity contribution >= 4 is 23.2 Å². The Hall–Kier alpha value is -3.02. The quantitative estimate of drug-likeness (QED) is 0.897. The highest BCUT2D eigenvalue weighted by atomic mass is 19.1. The number of benzene rings is 2. The lowest BCUT2D eigenvalue weighted by atomic mass is 10.0. The molecule has 6 heteroatoms. The summed E-state index contributed by atoms with van der Waals surface area (Å²) in [5.41, 5.74) is 2.51. The number of carboxylic acid groups (broad SMARTS) is 1. The molecule has 0 atom stereocenters. The smallest absolute Gasteiger partial charge is 0.323 e. The van der Waals surface area contributed by atoms with E-state index in [0.29, 0.717) is 35.6 Å². The number of carbonyl (C=O) groups is 1. The summed E-state index contributed by atoms with van der Waals surface area (Å²) in [4.78, 5) is 17.3. The summed E-state index contributed by atoms with van der Waals surface area (Å²) in [5, 5.41) is 9.21. The molecule has 4 nitrogen and oxygen atoms in total. The van der Waals surface area contributed by atoms with Crippen LogP contribution in [-0.4, -0.2) is 23.5 Å². The number of fused-ring (bicyclic) bond motifs is 1. The van der Waals surface area contributed by atoms with Gasteiger partial charge in [-0.15, -0.1) is 0 Å². The molecule has 0 saturated heterocycles. The molecule has 128 valence electrons. The molecule has 1 aliphatic rings. The van der Waals surface area contributed by atoms with E-state index in [1.165, 1.54) is 12.1 Å². The number of hydrogen-bond acceptors (Lipinski definition) is 3. The van der Waals surface area contributed by atoms with Crippen molar-refractivity contribution in [3.8, 4) is 0 Å². The summed E-state index contributed by atoms with van der Waals surface area (Å²) in [5.74, 6) is -1.77. The van der Waals surface area contributed by atoms with Crippen LogP contribution in [0.4, 0.5) is 14.5 Å². The summed E-state index contributed by atoms with van der Waals surface area (Å²) in [6.07, 6.45) is 0.669. The van der Waals surface area contributed by atoms with Crippen LogP contribution in [0.2, 0.25) is 0 Å². The van der Waals surface area contributed by atoms with E-state index >= 15 is 0 Å². The largest absolute Gasteiger partial charge is 0.480 e. The maximum Gasteiger partial charge on any atom is 0.323 e. The number of nitrogens with zero attached hydrogens (tertiary/aromatic N) is 2. The molecular weight excluding hydrogens is 326 g/mol. The Balaban J connectivity index is 1.88. The van der Waals surface area contributed by atoms with Gasteiger partial charge in [-0.25, -0.2) is 13.8 Å². The van der Waals surface area contributed by atoms with Crippen molar-refractivity contribution < 1.29 is 18.7 Å². The van der Waals surface area contributed by atoms with Crippen LogP contribution in [0.1, 0.15) is 17.5 Å². The second kappa shape index (κ2) is 6.84. The number of anilines is 1. The first-order valence-electron chi connectivity index (χ1n) is 7.74. The molecule has 0 fully saturated rings. The van der Waals surface area contributed by atoms with Crippen molar-refractivity contribution in [3.05, 3.63) is 71.8 Å². The van der Waals surface area contributed by atoms with Crippen molar-refractivity contribution in [1.29, 1.82) is 0 Å². The summed E-state index contributed by atoms with van der Waals surface area (Å²) in [7, 11) is 0. The third kappa shape index (κ3) is 3.74. The molecule has 0 spiro atoms. The highest BCUT2D eigenvalue weighted by Crippen LogP contribution is 2.32. The number of carboxylic acids is 1. The summed E-state index contributed by atoms with van der Waals surface area (Å²) < 4.78 is 26.7. The minimum atomic E-state index is -0.994. The number of aliphatic carboxylic acids is 1. The minimum Gasteiger partial charge on any atom is -0.480 e. The van der Waals surface area contributed by atoms with Gasteiger partial charge in [0.1, 0.15) is 24.0 Å². The number of aliphatic imine (C=N–C) groups is 1. The number of para-hydroxylation sites is 1. The topological polar surface area (TPSA) is 52.9 Å². The molecule has 2 aromatic rings. The van der Waals surface area contributed by atoms with E-state index in [9.17, 15) is 18.7 Å². The van der Waals surface area contributed by atoms with E-state index < -0.39 is 17.6 Å². The first-order valence-corrected chi connectivity index (χ1v) is 7.74. The van der Waals surface area contributed by atoms with E-state index in [1.54, 1.807) is 11.0 Å².